The molecule has 2 rings (SSSR count). The highest BCUT2D eigenvalue weighted by Gasteiger charge is 2.34. The van der Waals surface area contributed by atoms with Crippen LogP contribution in [0.25, 0.3) is 0 Å². The number of nitrogens with zero attached hydrogens (tertiary/aromatic N) is 1. The van der Waals surface area contributed by atoms with Gasteiger partial charge >= 0.3 is 6.18 Å². The Balaban J connectivity index is 1.90. The Morgan fingerprint density at radius 2 is 1.93 bits per heavy atom. The molecule has 1 aliphatic heterocycles. The number of sulfonamides is 1. The third-order valence-corrected chi connectivity index (χ3v) is 6.07. The van der Waals surface area contributed by atoms with Gasteiger partial charge in [0.1, 0.15) is 0 Å². The van der Waals surface area contributed by atoms with Gasteiger partial charge in [-0.25, -0.2) is 13.1 Å². The van der Waals surface area contributed by atoms with Crippen LogP contribution in [-0.4, -0.2) is 51.9 Å². The van der Waals surface area contributed by atoms with Crippen molar-refractivity contribution in [3.8, 4) is 0 Å². The SMILES string of the molecule is CN1CCC(NC(=O)CCNS(=O)(=O)c2ccc(Cl)c(C(F)(F)F)c2)CC1. The molecule has 1 aromatic carbocycles. The fourth-order valence-electron chi connectivity index (χ4n) is 2.72. The van der Waals surface area contributed by atoms with Crippen LogP contribution in [0.5, 0.6) is 0 Å². The van der Waals surface area contributed by atoms with Crippen LogP contribution in [0.1, 0.15) is 24.8 Å². The van der Waals surface area contributed by atoms with Crippen LogP contribution in [0.2, 0.25) is 5.02 Å². The molecule has 0 aromatic heterocycles. The van der Waals surface area contributed by atoms with Crippen molar-refractivity contribution < 1.29 is 26.4 Å². The predicted octanol–water partition coefficient (Wildman–Crippen LogP) is 2.24. The monoisotopic (exact) mass is 427 g/mol. The van der Waals surface area contributed by atoms with Gasteiger partial charge in [0.05, 0.1) is 15.5 Å². The van der Waals surface area contributed by atoms with Gasteiger partial charge in [-0.05, 0) is 51.2 Å². The van der Waals surface area contributed by atoms with E-state index < -0.39 is 31.7 Å². The number of alkyl halides is 3. The van der Waals surface area contributed by atoms with Crippen molar-refractivity contribution in [3.05, 3.63) is 28.8 Å². The van der Waals surface area contributed by atoms with Crippen LogP contribution >= 0.6 is 11.6 Å². The molecule has 0 unspecified atom stereocenters. The molecule has 0 radical (unpaired) electrons. The van der Waals surface area contributed by atoms with Crippen molar-refractivity contribution >= 4 is 27.5 Å². The highest BCUT2D eigenvalue weighted by Crippen LogP contribution is 2.35. The van der Waals surface area contributed by atoms with E-state index in [1.54, 1.807) is 0 Å². The number of hydrogen-bond donors (Lipinski definition) is 2. The lowest BCUT2D eigenvalue weighted by Gasteiger charge is -2.29. The Morgan fingerprint density at radius 1 is 1.30 bits per heavy atom. The van der Waals surface area contributed by atoms with Gasteiger partial charge in [-0.15, -0.1) is 0 Å². The van der Waals surface area contributed by atoms with Crippen molar-refractivity contribution in [3.63, 3.8) is 0 Å². The summed E-state index contributed by atoms with van der Waals surface area (Å²) in [4.78, 5) is 13.5. The van der Waals surface area contributed by atoms with E-state index in [4.69, 9.17) is 11.6 Å². The summed E-state index contributed by atoms with van der Waals surface area (Å²) in [5.74, 6) is -0.306. The topological polar surface area (TPSA) is 78.5 Å². The smallest absolute Gasteiger partial charge is 0.353 e. The van der Waals surface area contributed by atoms with Crippen molar-refractivity contribution in [1.82, 2.24) is 14.9 Å². The van der Waals surface area contributed by atoms with E-state index in [1.165, 1.54) is 0 Å². The molecule has 0 atom stereocenters. The van der Waals surface area contributed by atoms with Crippen LogP contribution < -0.4 is 10.0 Å². The fraction of sp³-hybridized carbons (Fsp3) is 0.562. The molecule has 0 spiro atoms. The summed E-state index contributed by atoms with van der Waals surface area (Å²) >= 11 is 5.49. The zero-order valence-electron chi connectivity index (χ0n) is 14.6. The molecular formula is C16H21ClF3N3O3S. The number of amides is 1. The maximum atomic E-state index is 12.9. The maximum absolute atomic E-state index is 12.9. The van der Waals surface area contributed by atoms with Crippen LogP contribution in [0.4, 0.5) is 13.2 Å². The molecular weight excluding hydrogens is 407 g/mol. The first-order valence-electron chi connectivity index (χ1n) is 8.33. The van der Waals surface area contributed by atoms with Gasteiger partial charge in [0.2, 0.25) is 15.9 Å². The van der Waals surface area contributed by atoms with E-state index in [0.717, 1.165) is 38.1 Å². The first-order chi connectivity index (χ1) is 12.5. The summed E-state index contributed by atoms with van der Waals surface area (Å²) in [6.45, 7) is 1.52. The Labute approximate surface area is 161 Å². The van der Waals surface area contributed by atoms with E-state index in [-0.39, 0.29) is 24.9 Å². The van der Waals surface area contributed by atoms with E-state index in [1.807, 2.05) is 7.05 Å². The molecule has 152 valence electrons. The third-order valence-electron chi connectivity index (χ3n) is 4.28. The molecule has 1 saturated heterocycles. The highest BCUT2D eigenvalue weighted by molar-refractivity contribution is 7.89. The second kappa shape index (κ2) is 8.76. The number of likely N-dealkylation sites (tertiary alicyclic amines) is 1. The lowest BCUT2D eigenvalue weighted by Crippen LogP contribution is -2.44. The lowest BCUT2D eigenvalue weighted by molar-refractivity contribution is -0.137. The van der Waals surface area contributed by atoms with Gasteiger partial charge in [0.15, 0.2) is 0 Å². The minimum atomic E-state index is -4.77. The quantitative estimate of drug-likeness (QED) is 0.729. The number of nitrogens with one attached hydrogen (secondary N) is 2. The molecule has 0 aliphatic carbocycles. The molecule has 1 heterocycles. The average molecular weight is 428 g/mol. The Hall–Kier alpha value is -1.36. The second-order valence-corrected chi connectivity index (χ2v) is 8.61. The number of carbonyl (C=O) groups is 1. The summed E-state index contributed by atoms with van der Waals surface area (Å²) in [5.41, 5.74) is -1.23. The molecule has 1 amide bonds. The Kier molecular flexibility index (Phi) is 7.12. The number of piperidine rings is 1. The fourth-order valence-corrected chi connectivity index (χ4v) is 4.01. The summed E-state index contributed by atoms with van der Waals surface area (Å²) in [6.07, 6.45) is -3.24. The average Bonchev–Trinajstić information content (AvgIpc) is 2.56. The van der Waals surface area contributed by atoms with Crippen LogP contribution in [0, 0.1) is 0 Å². The second-order valence-electron chi connectivity index (χ2n) is 6.43. The molecule has 1 aromatic rings. The first kappa shape index (κ1) is 21.9. The zero-order valence-corrected chi connectivity index (χ0v) is 16.2. The number of benzene rings is 1. The van der Waals surface area contributed by atoms with E-state index in [2.05, 4.69) is 14.9 Å². The Morgan fingerprint density at radius 3 is 2.52 bits per heavy atom. The van der Waals surface area contributed by atoms with Crippen molar-refractivity contribution in [2.45, 2.75) is 36.4 Å². The van der Waals surface area contributed by atoms with Crippen LogP contribution in [0.15, 0.2) is 23.1 Å². The number of hydrogen-bond acceptors (Lipinski definition) is 4. The van der Waals surface area contributed by atoms with Crippen molar-refractivity contribution in [2.24, 2.45) is 0 Å². The largest absolute Gasteiger partial charge is 0.417 e. The van der Waals surface area contributed by atoms with E-state index >= 15 is 0 Å². The van der Waals surface area contributed by atoms with Crippen molar-refractivity contribution in [1.29, 1.82) is 0 Å². The van der Waals surface area contributed by atoms with E-state index in [9.17, 15) is 26.4 Å². The summed E-state index contributed by atoms with van der Waals surface area (Å²) < 4.78 is 65.1. The van der Waals surface area contributed by atoms with Gasteiger partial charge < -0.3 is 10.2 Å². The number of rotatable bonds is 6. The van der Waals surface area contributed by atoms with Gasteiger partial charge in [-0.3, -0.25) is 4.79 Å². The van der Waals surface area contributed by atoms with E-state index in [0.29, 0.717) is 6.07 Å². The number of halogens is 4. The molecule has 0 saturated carbocycles. The van der Waals surface area contributed by atoms with Gasteiger partial charge in [0, 0.05) is 19.0 Å². The Bertz CT molecular complexity index is 779. The summed E-state index contributed by atoms with van der Waals surface area (Å²) in [5, 5.41) is 2.25. The van der Waals surface area contributed by atoms with Gasteiger partial charge in [-0.2, -0.15) is 13.2 Å². The van der Waals surface area contributed by atoms with Gasteiger partial charge in [0.25, 0.3) is 0 Å². The summed E-state index contributed by atoms with van der Waals surface area (Å²) in [7, 11) is -2.20. The minimum absolute atomic E-state index is 0.0518. The standard InChI is InChI=1S/C16H21ClF3N3O3S/c1-23-8-5-11(6-9-23)22-15(24)4-7-21-27(25,26)12-2-3-14(17)13(10-12)16(18,19)20/h2-3,10-11,21H,4-9H2,1H3,(H,22,24). The molecule has 0 bridgehead atoms. The number of carbonyl (C=O) groups excluding carboxylic acids is 1. The molecule has 6 nitrogen and oxygen atoms in total. The van der Waals surface area contributed by atoms with Crippen LogP contribution in [-0.2, 0) is 21.0 Å². The lowest BCUT2D eigenvalue weighted by atomic mass is 10.1. The molecule has 1 aliphatic rings. The molecule has 2 N–H and O–H groups in total. The molecule has 27 heavy (non-hydrogen) atoms. The maximum Gasteiger partial charge on any atom is 0.417 e. The third kappa shape index (κ3) is 6.34. The summed E-state index contributed by atoms with van der Waals surface area (Å²) in [6, 6.07) is 2.39. The normalized spacial score (nSPS) is 17.1. The van der Waals surface area contributed by atoms with Gasteiger partial charge in [-0.1, -0.05) is 11.6 Å². The predicted molar refractivity (Wildman–Crippen MR) is 94.9 cm³/mol. The van der Waals surface area contributed by atoms with Crippen molar-refractivity contribution in [2.75, 3.05) is 26.7 Å². The van der Waals surface area contributed by atoms with Crippen LogP contribution in [0.3, 0.4) is 0 Å². The molecule has 1 fully saturated rings. The first-order valence-corrected chi connectivity index (χ1v) is 10.2. The zero-order chi connectivity index (χ0) is 20.2. The minimum Gasteiger partial charge on any atom is -0.353 e. The molecule has 11 heteroatoms. The highest BCUT2D eigenvalue weighted by atomic mass is 35.5.